The zero-order chi connectivity index (χ0) is 15.9. The highest BCUT2D eigenvalue weighted by Crippen LogP contribution is 2.48. The van der Waals surface area contributed by atoms with E-state index in [4.69, 9.17) is 4.74 Å². The topological polar surface area (TPSA) is 44.1 Å². The van der Waals surface area contributed by atoms with Crippen LogP contribution in [0.3, 0.4) is 0 Å². The van der Waals surface area contributed by atoms with Crippen molar-refractivity contribution in [3.05, 3.63) is 53.4 Å². The Morgan fingerprint density at radius 2 is 2.23 bits per heavy atom. The van der Waals surface area contributed by atoms with Gasteiger partial charge in [0.05, 0.1) is 12.1 Å². The molecule has 0 bridgehead atoms. The van der Waals surface area contributed by atoms with Crippen molar-refractivity contribution < 1.29 is 18.3 Å². The molecule has 1 saturated carbocycles. The summed E-state index contributed by atoms with van der Waals surface area (Å²) in [6.45, 7) is 1.58. The van der Waals surface area contributed by atoms with Gasteiger partial charge in [-0.25, -0.2) is 8.78 Å². The lowest BCUT2D eigenvalue weighted by molar-refractivity contribution is -0.150. The number of rotatable bonds is 4. The second kappa shape index (κ2) is 5.51. The summed E-state index contributed by atoms with van der Waals surface area (Å²) >= 11 is 0. The van der Waals surface area contributed by atoms with Crippen LogP contribution in [-0.4, -0.2) is 15.7 Å². The van der Waals surface area contributed by atoms with Gasteiger partial charge in [0, 0.05) is 30.8 Å². The van der Waals surface area contributed by atoms with Crippen molar-refractivity contribution >= 4 is 5.97 Å². The molecule has 1 aromatic carbocycles. The van der Waals surface area contributed by atoms with Crippen LogP contribution in [0.15, 0.2) is 30.6 Å². The number of halogens is 2. The Labute approximate surface area is 126 Å². The summed E-state index contributed by atoms with van der Waals surface area (Å²) in [6, 6.07) is 3.24. The summed E-state index contributed by atoms with van der Waals surface area (Å²) in [5.74, 6) is -1.81. The standard InChI is InChI=1S/C16H16F2N2O2/c1-9(12-4-3-11(17)5-15(12)18)22-16(21)14-6-13(14)10-7-19-20(2)8-10/h3-5,7-9,13-14H,6H2,1-2H3/t9-,13+,14-/m0/s1. The first-order valence-electron chi connectivity index (χ1n) is 7.09. The maximum Gasteiger partial charge on any atom is 0.310 e. The van der Waals surface area contributed by atoms with Gasteiger partial charge in [0.25, 0.3) is 0 Å². The van der Waals surface area contributed by atoms with Crippen molar-refractivity contribution in [2.24, 2.45) is 13.0 Å². The van der Waals surface area contributed by atoms with Crippen LogP contribution in [0.5, 0.6) is 0 Å². The van der Waals surface area contributed by atoms with E-state index >= 15 is 0 Å². The molecule has 0 radical (unpaired) electrons. The molecule has 0 spiro atoms. The van der Waals surface area contributed by atoms with Crippen molar-refractivity contribution in [1.82, 2.24) is 9.78 Å². The molecule has 2 aromatic rings. The molecule has 3 atom stereocenters. The predicted octanol–water partition coefficient (Wildman–Crippen LogP) is 3.11. The van der Waals surface area contributed by atoms with Crippen LogP contribution in [0.1, 0.15) is 36.5 Å². The average Bonchev–Trinajstić information content (AvgIpc) is 3.14. The lowest BCUT2D eigenvalue weighted by atomic mass is 10.1. The van der Waals surface area contributed by atoms with Gasteiger partial charge in [-0.3, -0.25) is 9.48 Å². The molecule has 116 valence electrons. The first-order valence-corrected chi connectivity index (χ1v) is 7.09. The van der Waals surface area contributed by atoms with Crippen LogP contribution < -0.4 is 0 Å². The largest absolute Gasteiger partial charge is 0.457 e. The van der Waals surface area contributed by atoms with Crippen LogP contribution >= 0.6 is 0 Å². The van der Waals surface area contributed by atoms with E-state index in [9.17, 15) is 13.6 Å². The minimum Gasteiger partial charge on any atom is -0.457 e. The smallest absolute Gasteiger partial charge is 0.310 e. The van der Waals surface area contributed by atoms with Crippen LogP contribution in [0.25, 0.3) is 0 Å². The number of benzene rings is 1. The molecule has 1 heterocycles. The van der Waals surface area contributed by atoms with Gasteiger partial charge >= 0.3 is 5.97 Å². The lowest BCUT2D eigenvalue weighted by Gasteiger charge is -2.14. The van der Waals surface area contributed by atoms with Crippen molar-refractivity contribution in [1.29, 1.82) is 0 Å². The molecular weight excluding hydrogens is 290 g/mol. The van der Waals surface area contributed by atoms with E-state index in [0.29, 0.717) is 6.42 Å². The zero-order valence-electron chi connectivity index (χ0n) is 12.3. The highest BCUT2D eigenvalue weighted by atomic mass is 19.1. The van der Waals surface area contributed by atoms with E-state index in [1.807, 2.05) is 13.2 Å². The van der Waals surface area contributed by atoms with Crippen molar-refractivity contribution in [3.8, 4) is 0 Å². The first-order chi connectivity index (χ1) is 10.5. The van der Waals surface area contributed by atoms with Crippen molar-refractivity contribution in [2.45, 2.75) is 25.4 Å². The third-order valence-corrected chi connectivity index (χ3v) is 3.94. The highest BCUT2D eigenvalue weighted by molar-refractivity contribution is 5.77. The van der Waals surface area contributed by atoms with Gasteiger partial charge in [-0.1, -0.05) is 0 Å². The summed E-state index contributed by atoms with van der Waals surface area (Å²) < 4.78 is 33.6. The Hall–Kier alpha value is -2.24. The molecule has 0 unspecified atom stereocenters. The van der Waals surface area contributed by atoms with E-state index in [1.165, 1.54) is 6.07 Å². The van der Waals surface area contributed by atoms with Gasteiger partial charge in [-0.2, -0.15) is 5.10 Å². The number of hydrogen-bond acceptors (Lipinski definition) is 3. The number of esters is 1. The van der Waals surface area contributed by atoms with Crippen LogP contribution in [0, 0.1) is 17.6 Å². The number of aryl methyl sites for hydroxylation is 1. The average molecular weight is 306 g/mol. The molecule has 4 nitrogen and oxygen atoms in total. The van der Waals surface area contributed by atoms with Gasteiger partial charge in [0.1, 0.15) is 17.7 Å². The molecule has 6 heteroatoms. The van der Waals surface area contributed by atoms with E-state index in [1.54, 1.807) is 17.8 Å². The normalized spacial score (nSPS) is 21.5. The summed E-state index contributed by atoms with van der Waals surface area (Å²) in [4.78, 5) is 12.1. The maximum absolute atomic E-state index is 13.7. The van der Waals surface area contributed by atoms with Gasteiger partial charge in [0.2, 0.25) is 0 Å². The fourth-order valence-electron chi connectivity index (χ4n) is 2.61. The molecule has 3 rings (SSSR count). The summed E-state index contributed by atoms with van der Waals surface area (Å²) in [6.07, 6.45) is 3.58. The van der Waals surface area contributed by atoms with E-state index in [2.05, 4.69) is 5.10 Å². The van der Waals surface area contributed by atoms with E-state index in [0.717, 1.165) is 17.7 Å². The second-order valence-electron chi connectivity index (χ2n) is 5.64. The fraction of sp³-hybridized carbons (Fsp3) is 0.375. The van der Waals surface area contributed by atoms with E-state index < -0.39 is 17.7 Å². The van der Waals surface area contributed by atoms with Crippen LogP contribution in [0.2, 0.25) is 0 Å². The number of carbonyl (C=O) groups excluding carboxylic acids is 1. The number of ether oxygens (including phenoxy) is 1. The molecule has 0 amide bonds. The molecule has 22 heavy (non-hydrogen) atoms. The zero-order valence-corrected chi connectivity index (χ0v) is 12.3. The summed E-state index contributed by atoms with van der Waals surface area (Å²) in [5, 5.41) is 4.08. The Kier molecular flexibility index (Phi) is 3.68. The third kappa shape index (κ3) is 2.86. The molecule has 1 aromatic heterocycles. The number of aromatic nitrogens is 2. The second-order valence-corrected chi connectivity index (χ2v) is 5.64. The highest BCUT2D eigenvalue weighted by Gasteiger charge is 2.46. The SMILES string of the molecule is C[C@H](OC(=O)[C@H]1C[C@@H]1c1cnn(C)c1)c1ccc(F)cc1F. The molecule has 0 N–H and O–H groups in total. The molecule has 1 aliphatic rings. The number of nitrogens with zero attached hydrogens (tertiary/aromatic N) is 2. The molecule has 0 aliphatic heterocycles. The van der Waals surface area contributed by atoms with E-state index in [-0.39, 0.29) is 23.4 Å². The Bertz CT molecular complexity index is 714. The van der Waals surface area contributed by atoms with Crippen LogP contribution in [-0.2, 0) is 16.6 Å². The molecule has 1 fully saturated rings. The monoisotopic (exact) mass is 306 g/mol. The maximum atomic E-state index is 13.7. The minimum atomic E-state index is -0.747. The molecule has 0 saturated heterocycles. The van der Waals surface area contributed by atoms with Crippen molar-refractivity contribution in [3.63, 3.8) is 0 Å². The van der Waals surface area contributed by atoms with Gasteiger partial charge in [0.15, 0.2) is 0 Å². The Morgan fingerprint density at radius 1 is 1.45 bits per heavy atom. The van der Waals surface area contributed by atoms with Crippen molar-refractivity contribution in [2.75, 3.05) is 0 Å². The van der Waals surface area contributed by atoms with Crippen LogP contribution in [0.4, 0.5) is 8.78 Å². The number of carbonyl (C=O) groups is 1. The third-order valence-electron chi connectivity index (χ3n) is 3.94. The van der Waals surface area contributed by atoms with Gasteiger partial charge in [-0.05, 0) is 31.0 Å². The van der Waals surface area contributed by atoms with Gasteiger partial charge < -0.3 is 4.74 Å². The first kappa shape index (κ1) is 14.7. The summed E-state index contributed by atoms with van der Waals surface area (Å²) in [5.41, 5.74) is 1.18. The Morgan fingerprint density at radius 3 is 2.86 bits per heavy atom. The fourth-order valence-corrected chi connectivity index (χ4v) is 2.61. The molecule has 1 aliphatic carbocycles. The molecular formula is C16H16F2N2O2. The minimum absolute atomic E-state index is 0.117. The predicted molar refractivity (Wildman–Crippen MR) is 74.9 cm³/mol. The lowest BCUT2D eigenvalue weighted by Crippen LogP contribution is -2.12. The summed E-state index contributed by atoms with van der Waals surface area (Å²) in [7, 11) is 1.82. The van der Waals surface area contributed by atoms with Gasteiger partial charge in [-0.15, -0.1) is 0 Å². The Balaban J connectivity index is 1.63. The number of hydrogen-bond donors (Lipinski definition) is 0. The quantitative estimate of drug-likeness (QED) is 0.815.